The number of ether oxygens (including phenoxy) is 1. The zero-order chi connectivity index (χ0) is 12.8. The molecule has 1 fully saturated rings. The van der Waals surface area contributed by atoms with Crippen molar-refractivity contribution in [3.8, 4) is 0 Å². The van der Waals surface area contributed by atoms with Gasteiger partial charge in [0.05, 0.1) is 12.0 Å². The second-order valence-electron chi connectivity index (χ2n) is 5.09. The van der Waals surface area contributed by atoms with E-state index < -0.39 is 0 Å². The number of aromatic nitrogens is 1. The minimum atomic E-state index is -0.293. The summed E-state index contributed by atoms with van der Waals surface area (Å²) in [6.45, 7) is 2.94. The maximum atomic E-state index is 11.2. The number of hydrogen-bond acceptors (Lipinski definition) is 4. The number of rotatable bonds is 6. The fraction of sp³-hybridized carbons (Fsp3) is 0.571. The van der Waals surface area contributed by atoms with Crippen molar-refractivity contribution < 1.29 is 9.53 Å². The maximum Gasteiger partial charge on any atom is 0.129 e. The Morgan fingerprint density at radius 1 is 1.56 bits per heavy atom. The average molecular weight is 248 g/mol. The lowest BCUT2D eigenvalue weighted by molar-refractivity contribution is -0.117. The van der Waals surface area contributed by atoms with E-state index in [9.17, 15) is 4.79 Å². The van der Waals surface area contributed by atoms with Crippen LogP contribution in [0.5, 0.6) is 0 Å². The lowest BCUT2D eigenvalue weighted by Crippen LogP contribution is -2.38. The van der Waals surface area contributed by atoms with E-state index >= 15 is 0 Å². The number of pyridine rings is 1. The topological polar surface area (TPSA) is 42.4 Å². The predicted octanol–water partition coefficient (Wildman–Crippen LogP) is 1.16. The molecule has 2 heterocycles. The molecule has 1 aromatic rings. The molecule has 1 unspecified atom stereocenters. The van der Waals surface area contributed by atoms with Gasteiger partial charge < -0.3 is 14.4 Å². The molecule has 4 heteroatoms. The van der Waals surface area contributed by atoms with Gasteiger partial charge in [-0.2, -0.15) is 0 Å². The van der Waals surface area contributed by atoms with E-state index in [2.05, 4.69) is 9.88 Å². The molecule has 98 valence electrons. The van der Waals surface area contributed by atoms with E-state index in [1.54, 1.807) is 0 Å². The van der Waals surface area contributed by atoms with Crippen LogP contribution >= 0.6 is 0 Å². The number of hydrogen-bond donors (Lipinski definition) is 0. The number of carbonyl (C=O) groups excluding carboxylic acids is 1. The maximum absolute atomic E-state index is 11.2. The molecule has 1 aliphatic rings. The third-order valence-electron chi connectivity index (χ3n) is 3.44. The molecule has 0 saturated carbocycles. The molecule has 0 amide bonds. The van der Waals surface area contributed by atoms with E-state index in [0.717, 1.165) is 37.9 Å². The smallest absolute Gasteiger partial charge is 0.129 e. The van der Waals surface area contributed by atoms with Crippen LogP contribution in [0.15, 0.2) is 24.4 Å². The molecule has 0 aliphatic carbocycles. The van der Waals surface area contributed by atoms with Crippen LogP contribution in [0, 0.1) is 5.41 Å². The van der Waals surface area contributed by atoms with E-state index in [-0.39, 0.29) is 5.41 Å². The fourth-order valence-corrected chi connectivity index (χ4v) is 2.35. The summed E-state index contributed by atoms with van der Waals surface area (Å²) in [5.74, 6) is 0. The number of aldehydes is 1. The van der Waals surface area contributed by atoms with Gasteiger partial charge in [-0.1, -0.05) is 6.07 Å². The Bertz CT molecular complexity index is 375. The summed E-state index contributed by atoms with van der Waals surface area (Å²) >= 11 is 0. The molecule has 0 spiro atoms. The Hall–Kier alpha value is -1.26. The first kappa shape index (κ1) is 13.2. The Morgan fingerprint density at radius 3 is 3.06 bits per heavy atom. The Morgan fingerprint density at radius 2 is 2.44 bits per heavy atom. The van der Waals surface area contributed by atoms with Crippen LogP contribution in [0.25, 0.3) is 0 Å². The molecule has 2 rings (SSSR count). The molecular formula is C14H20N2O2. The van der Waals surface area contributed by atoms with Gasteiger partial charge in [-0.05, 0) is 25.6 Å². The number of likely N-dealkylation sites (N-methyl/N-ethyl adjacent to an activating group) is 1. The van der Waals surface area contributed by atoms with E-state index in [1.807, 2.05) is 31.4 Å². The highest BCUT2D eigenvalue weighted by molar-refractivity contribution is 5.60. The lowest BCUT2D eigenvalue weighted by atomic mass is 9.88. The summed E-state index contributed by atoms with van der Waals surface area (Å²) in [5.41, 5.74) is 0.797. The molecule has 0 N–H and O–H groups in total. The average Bonchev–Trinajstić information content (AvgIpc) is 2.87. The molecule has 1 saturated heterocycles. The van der Waals surface area contributed by atoms with Gasteiger partial charge in [0.2, 0.25) is 0 Å². The van der Waals surface area contributed by atoms with E-state index in [1.165, 1.54) is 0 Å². The third kappa shape index (κ3) is 3.37. The van der Waals surface area contributed by atoms with Crippen molar-refractivity contribution in [3.63, 3.8) is 0 Å². The van der Waals surface area contributed by atoms with Crippen LogP contribution in [0.4, 0.5) is 0 Å². The van der Waals surface area contributed by atoms with Gasteiger partial charge in [0.25, 0.3) is 0 Å². The van der Waals surface area contributed by atoms with Crippen molar-refractivity contribution in [1.29, 1.82) is 0 Å². The first-order valence-corrected chi connectivity index (χ1v) is 6.37. The number of carbonyl (C=O) groups is 1. The minimum absolute atomic E-state index is 0.293. The van der Waals surface area contributed by atoms with Gasteiger partial charge in [-0.3, -0.25) is 4.98 Å². The Kier molecular flexibility index (Phi) is 4.44. The largest absolute Gasteiger partial charge is 0.380 e. The Labute approximate surface area is 108 Å². The highest BCUT2D eigenvalue weighted by atomic mass is 16.5. The summed E-state index contributed by atoms with van der Waals surface area (Å²) in [6.07, 6.45) is 4.63. The highest BCUT2D eigenvalue weighted by Crippen LogP contribution is 2.26. The fourth-order valence-electron chi connectivity index (χ4n) is 2.35. The van der Waals surface area contributed by atoms with Gasteiger partial charge >= 0.3 is 0 Å². The van der Waals surface area contributed by atoms with Gasteiger partial charge in [-0.15, -0.1) is 0 Å². The second kappa shape index (κ2) is 6.07. The Balaban J connectivity index is 1.81. The minimum Gasteiger partial charge on any atom is -0.380 e. The molecule has 0 radical (unpaired) electrons. The van der Waals surface area contributed by atoms with Crippen LogP contribution in [-0.2, 0) is 16.0 Å². The van der Waals surface area contributed by atoms with Gasteiger partial charge in [-0.25, -0.2) is 0 Å². The molecule has 4 nitrogen and oxygen atoms in total. The van der Waals surface area contributed by atoms with Crippen molar-refractivity contribution in [2.24, 2.45) is 5.41 Å². The first-order valence-electron chi connectivity index (χ1n) is 6.37. The van der Waals surface area contributed by atoms with Gasteiger partial charge in [0.1, 0.15) is 6.29 Å². The molecule has 18 heavy (non-hydrogen) atoms. The molecular weight excluding hydrogens is 228 g/mol. The lowest BCUT2D eigenvalue weighted by Gasteiger charge is -2.27. The summed E-state index contributed by atoms with van der Waals surface area (Å²) < 4.78 is 5.34. The monoisotopic (exact) mass is 248 g/mol. The van der Waals surface area contributed by atoms with Crippen molar-refractivity contribution in [2.45, 2.75) is 12.8 Å². The standard InChI is InChI=1S/C14H20N2O2/c1-16(8-5-13-4-2-3-7-15-13)10-14(11-17)6-9-18-12-14/h2-4,7,11H,5-6,8-10,12H2,1H3. The van der Waals surface area contributed by atoms with Crippen LogP contribution in [0.3, 0.4) is 0 Å². The molecule has 1 atom stereocenters. The summed E-state index contributed by atoms with van der Waals surface area (Å²) in [5, 5.41) is 0. The summed E-state index contributed by atoms with van der Waals surface area (Å²) in [7, 11) is 2.05. The number of nitrogens with zero attached hydrogens (tertiary/aromatic N) is 2. The molecule has 0 bridgehead atoms. The SMILES string of the molecule is CN(CCc1ccccn1)CC1(C=O)CCOC1. The molecule has 1 aliphatic heterocycles. The van der Waals surface area contributed by atoms with E-state index in [4.69, 9.17) is 4.74 Å². The van der Waals surface area contributed by atoms with Gasteiger partial charge in [0.15, 0.2) is 0 Å². The predicted molar refractivity (Wildman–Crippen MR) is 69.4 cm³/mol. The summed E-state index contributed by atoms with van der Waals surface area (Å²) in [4.78, 5) is 17.7. The second-order valence-corrected chi connectivity index (χ2v) is 5.09. The quantitative estimate of drug-likeness (QED) is 0.709. The van der Waals surface area contributed by atoms with E-state index in [0.29, 0.717) is 13.2 Å². The van der Waals surface area contributed by atoms with Crippen molar-refractivity contribution in [2.75, 3.05) is 33.4 Å². The van der Waals surface area contributed by atoms with Gasteiger partial charge in [0, 0.05) is 38.0 Å². The van der Waals surface area contributed by atoms with Crippen LogP contribution < -0.4 is 0 Å². The molecule has 1 aromatic heterocycles. The summed E-state index contributed by atoms with van der Waals surface area (Å²) in [6, 6.07) is 5.95. The zero-order valence-electron chi connectivity index (χ0n) is 10.8. The van der Waals surface area contributed by atoms with Crippen molar-refractivity contribution in [3.05, 3.63) is 30.1 Å². The van der Waals surface area contributed by atoms with Crippen LogP contribution in [0.1, 0.15) is 12.1 Å². The van der Waals surface area contributed by atoms with Crippen LogP contribution in [0.2, 0.25) is 0 Å². The van der Waals surface area contributed by atoms with Crippen molar-refractivity contribution >= 4 is 6.29 Å². The highest BCUT2D eigenvalue weighted by Gasteiger charge is 2.35. The zero-order valence-corrected chi connectivity index (χ0v) is 10.8. The normalized spacial score (nSPS) is 23.4. The molecule has 0 aromatic carbocycles. The third-order valence-corrected chi connectivity index (χ3v) is 3.44. The van der Waals surface area contributed by atoms with Crippen LogP contribution in [-0.4, -0.2) is 49.5 Å². The first-order chi connectivity index (χ1) is 8.74. The van der Waals surface area contributed by atoms with Crippen molar-refractivity contribution in [1.82, 2.24) is 9.88 Å².